The predicted molar refractivity (Wildman–Crippen MR) is 126 cm³/mol. The van der Waals surface area contributed by atoms with Gasteiger partial charge in [-0.15, -0.1) is 0 Å². The zero-order chi connectivity index (χ0) is 24.1. The van der Waals surface area contributed by atoms with E-state index in [1.807, 2.05) is 40.7 Å². The first kappa shape index (κ1) is 23.2. The van der Waals surface area contributed by atoms with Gasteiger partial charge in [-0.2, -0.15) is 0 Å². The standard InChI is InChI=1S/C25H27ClFN3O3/c1-24(2,3)15-11-18(14-6-7-16(26)17(27)10-14)29-19-12-20(33-22(15)19)23(32)30-9-8-28-21(31)13-25(30,4)5/h6-7,10-12H,8-9,13H2,1-5H3,(H,28,31). The number of carbonyl (C=O) groups excluding carboxylic acids is 2. The van der Waals surface area contributed by atoms with Crippen LogP contribution < -0.4 is 5.32 Å². The monoisotopic (exact) mass is 471 g/mol. The summed E-state index contributed by atoms with van der Waals surface area (Å²) in [5.74, 6) is -0.752. The highest BCUT2D eigenvalue weighted by molar-refractivity contribution is 6.30. The van der Waals surface area contributed by atoms with Gasteiger partial charge in [0.25, 0.3) is 5.91 Å². The Labute approximate surface area is 197 Å². The van der Waals surface area contributed by atoms with Crippen LogP contribution in [0.1, 0.15) is 57.2 Å². The molecule has 1 N–H and O–H groups in total. The van der Waals surface area contributed by atoms with Crippen molar-refractivity contribution in [3.8, 4) is 11.3 Å². The van der Waals surface area contributed by atoms with Gasteiger partial charge >= 0.3 is 0 Å². The summed E-state index contributed by atoms with van der Waals surface area (Å²) in [4.78, 5) is 31.8. The molecule has 3 heterocycles. The fourth-order valence-electron chi connectivity index (χ4n) is 4.16. The van der Waals surface area contributed by atoms with Crippen molar-refractivity contribution in [3.63, 3.8) is 0 Å². The molecule has 4 rings (SSSR count). The largest absolute Gasteiger partial charge is 0.449 e. The van der Waals surface area contributed by atoms with E-state index in [2.05, 4.69) is 10.3 Å². The average molecular weight is 472 g/mol. The Morgan fingerprint density at radius 2 is 1.97 bits per heavy atom. The normalized spacial score (nSPS) is 16.6. The maximum Gasteiger partial charge on any atom is 0.290 e. The molecule has 6 nitrogen and oxygen atoms in total. The van der Waals surface area contributed by atoms with Crippen molar-refractivity contribution in [2.45, 2.75) is 52.0 Å². The number of hydrogen-bond donors (Lipinski definition) is 1. The number of rotatable bonds is 2. The fraction of sp³-hybridized carbons (Fsp3) is 0.400. The summed E-state index contributed by atoms with van der Waals surface area (Å²) in [6, 6.07) is 8.04. The lowest BCUT2D eigenvalue weighted by Gasteiger charge is -2.35. The van der Waals surface area contributed by atoms with Gasteiger partial charge in [-0.05, 0) is 37.5 Å². The molecule has 1 fully saturated rings. The van der Waals surface area contributed by atoms with Crippen molar-refractivity contribution in [3.05, 3.63) is 52.5 Å². The van der Waals surface area contributed by atoms with Crippen LogP contribution >= 0.6 is 11.6 Å². The van der Waals surface area contributed by atoms with Crippen LogP contribution in [0, 0.1) is 5.82 Å². The molecule has 1 aliphatic rings. The molecule has 1 aliphatic heterocycles. The minimum Gasteiger partial charge on any atom is -0.449 e. The average Bonchev–Trinajstić information content (AvgIpc) is 3.08. The summed E-state index contributed by atoms with van der Waals surface area (Å²) in [5, 5.41) is 2.85. The molecule has 3 aromatic rings. The number of carbonyl (C=O) groups is 2. The van der Waals surface area contributed by atoms with Gasteiger partial charge < -0.3 is 14.6 Å². The van der Waals surface area contributed by atoms with E-state index >= 15 is 0 Å². The van der Waals surface area contributed by atoms with Gasteiger partial charge in [0.1, 0.15) is 11.3 Å². The lowest BCUT2D eigenvalue weighted by Crippen LogP contribution is -2.48. The molecule has 0 radical (unpaired) electrons. The second kappa shape index (κ2) is 8.13. The van der Waals surface area contributed by atoms with Gasteiger partial charge in [0.05, 0.1) is 10.7 Å². The first-order valence-corrected chi connectivity index (χ1v) is 11.2. The second-order valence-corrected chi connectivity index (χ2v) is 10.5. The number of halogens is 2. The van der Waals surface area contributed by atoms with Crippen molar-refractivity contribution in [2.24, 2.45) is 0 Å². The summed E-state index contributed by atoms with van der Waals surface area (Å²) in [6.07, 6.45) is 0.205. The van der Waals surface area contributed by atoms with Crippen LogP contribution in [0.5, 0.6) is 0 Å². The summed E-state index contributed by atoms with van der Waals surface area (Å²) in [6.45, 7) is 10.6. The zero-order valence-electron chi connectivity index (χ0n) is 19.4. The summed E-state index contributed by atoms with van der Waals surface area (Å²) in [7, 11) is 0. The topological polar surface area (TPSA) is 75.4 Å². The number of furan rings is 1. The number of pyridine rings is 1. The van der Waals surface area contributed by atoms with Gasteiger partial charge in [-0.3, -0.25) is 9.59 Å². The third-order valence-corrected chi connectivity index (χ3v) is 6.25. The molecule has 0 atom stereocenters. The van der Waals surface area contributed by atoms with E-state index in [0.717, 1.165) is 5.56 Å². The molecule has 8 heteroatoms. The minimum atomic E-state index is -0.664. The van der Waals surface area contributed by atoms with Gasteiger partial charge in [-0.25, -0.2) is 9.37 Å². The Kier molecular flexibility index (Phi) is 5.73. The first-order valence-electron chi connectivity index (χ1n) is 10.9. The maximum atomic E-state index is 14.1. The van der Waals surface area contributed by atoms with Crippen LogP contribution in [0.15, 0.2) is 34.7 Å². The SMILES string of the molecule is CC(C)(C)c1cc(-c2ccc(Cl)c(F)c2)nc2cc(C(=O)N3CCNC(=O)CC3(C)C)oc12. The number of aromatic nitrogens is 1. The van der Waals surface area contributed by atoms with Crippen molar-refractivity contribution >= 4 is 34.5 Å². The number of fused-ring (bicyclic) bond motifs is 1. The van der Waals surface area contributed by atoms with Crippen LogP contribution in [-0.4, -0.2) is 40.3 Å². The summed E-state index contributed by atoms with van der Waals surface area (Å²) in [5.41, 5.74) is 2.04. The van der Waals surface area contributed by atoms with Gasteiger partial charge in [0, 0.05) is 42.2 Å². The van der Waals surface area contributed by atoms with Crippen LogP contribution in [0.4, 0.5) is 4.39 Å². The van der Waals surface area contributed by atoms with Gasteiger partial charge in [0.15, 0.2) is 11.3 Å². The Morgan fingerprint density at radius 3 is 2.64 bits per heavy atom. The smallest absolute Gasteiger partial charge is 0.290 e. The molecular formula is C25H27ClFN3O3. The number of benzene rings is 1. The van der Waals surface area contributed by atoms with E-state index in [1.165, 1.54) is 12.1 Å². The van der Waals surface area contributed by atoms with Crippen LogP contribution in [-0.2, 0) is 10.2 Å². The van der Waals surface area contributed by atoms with E-state index < -0.39 is 11.4 Å². The quantitative estimate of drug-likeness (QED) is 0.548. The Hall–Kier alpha value is -2.93. The van der Waals surface area contributed by atoms with E-state index in [4.69, 9.17) is 16.0 Å². The second-order valence-electron chi connectivity index (χ2n) is 10.1. The van der Waals surface area contributed by atoms with Crippen molar-refractivity contribution < 1.29 is 18.4 Å². The predicted octanol–water partition coefficient (Wildman–Crippen LogP) is 5.33. The molecule has 1 saturated heterocycles. The number of hydrogen-bond acceptors (Lipinski definition) is 4. The van der Waals surface area contributed by atoms with Crippen molar-refractivity contribution in [1.82, 2.24) is 15.2 Å². The Balaban J connectivity index is 1.83. The lowest BCUT2D eigenvalue weighted by molar-refractivity contribution is -0.122. The number of nitrogens with zero attached hydrogens (tertiary/aromatic N) is 2. The lowest BCUT2D eigenvalue weighted by atomic mass is 9.86. The van der Waals surface area contributed by atoms with Crippen molar-refractivity contribution in [1.29, 1.82) is 0 Å². The zero-order valence-corrected chi connectivity index (χ0v) is 20.1. The number of nitrogens with one attached hydrogen (secondary N) is 1. The molecule has 0 bridgehead atoms. The molecule has 0 unspecified atom stereocenters. The third-order valence-electron chi connectivity index (χ3n) is 5.94. The molecule has 2 aromatic heterocycles. The molecule has 0 saturated carbocycles. The van der Waals surface area contributed by atoms with Gasteiger partial charge in [-0.1, -0.05) is 38.4 Å². The van der Waals surface area contributed by atoms with Gasteiger partial charge in [0.2, 0.25) is 5.91 Å². The maximum absolute atomic E-state index is 14.1. The summed E-state index contributed by atoms with van der Waals surface area (Å²) < 4.78 is 20.2. The number of amides is 2. The van der Waals surface area contributed by atoms with Crippen LogP contribution in [0.2, 0.25) is 5.02 Å². The van der Waals surface area contributed by atoms with E-state index in [-0.39, 0.29) is 34.4 Å². The fourth-order valence-corrected chi connectivity index (χ4v) is 4.28. The van der Waals surface area contributed by atoms with Crippen molar-refractivity contribution in [2.75, 3.05) is 13.1 Å². The Morgan fingerprint density at radius 1 is 1.24 bits per heavy atom. The molecular weight excluding hydrogens is 445 g/mol. The highest BCUT2D eigenvalue weighted by Crippen LogP contribution is 2.36. The Bertz CT molecular complexity index is 1260. The first-order chi connectivity index (χ1) is 15.4. The molecule has 174 valence electrons. The van der Waals surface area contributed by atoms with Crippen LogP contribution in [0.25, 0.3) is 22.4 Å². The molecule has 1 aromatic carbocycles. The highest BCUT2D eigenvalue weighted by atomic mass is 35.5. The van der Waals surface area contributed by atoms with E-state index in [1.54, 1.807) is 17.0 Å². The third kappa shape index (κ3) is 4.47. The van der Waals surface area contributed by atoms with Crippen LogP contribution in [0.3, 0.4) is 0 Å². The molecule has 33 heavy (non-hydrogen) atoms. The summed E-state index contributed by atoms with van der Waals surface area (Å²) >= 11 is 5.84. The molecule has 2 amide bonds. The van der Waals surface area contributed by atoms with E-state index in [9.17, 15) is 14.0 Å². The van der Waals surface area contributed by atoms with E-state index in [0.29, 0.717) is 35.4 Å². The minimum absolute atomic E-state index is 0.0418. The highest BCUT2D eigenvalue weighted by Gasteiger charge is 2.37. The molecule has 0 aliphatic carbocycles. The molecule has 0 spiro atoms.